The zero-order chi connectivity index (χ0) is 23.9. The molecule has 8 heteroatoms. The largest absolute Gasteiger partial charge is 0.476 e. The van der Waals surface area contributed by atoms with Crippen LogP contribution in [-0.2, 0) is 4.79 Å². The Labute approximate surface area is 237 Å². The molecule has 0 bridgehead atoms. The molecule has 3 heterocycles. The number of rotatable bonds is 5. The molecule has 202 valence electrons. The van der Waals surface area contributed by atoms with Crippen LogP contribution in [-0.4, -0.2) is 65.2 Å². The molecule has 0 spiro atoms. The van der Waals surface area contributed by atoms with Crippen molar-refractivity contribution >= 4 is 47.6 Å². The van der Waals surface area contributed by atoms with Crippen LogP contribution in [0, 0.1) is 17.8 Å². The number of thioether (sulfide) groups is 1. The molecule has 0 radical (unpaired) electrons. The van der Waals surface area contributed by atoms with Gasteiger partial charge in [-0.15, -0.1) is 24.8 Å². The first-order valence-electron chi connectivity index (χ1n) is 13.6. The number of halogens is 2. The maximum Gasteiger partial charge on any atom is 0.361 e. The molecule has 0 aromatic carbocycles. The van der Waals surface area contributed by atoms with Crippen LogP contribution in [0.1, 0.15) is 51.9 Å². The highest BCUT2D eigenvalue weighted by Gasteiger charge is 2.42. The lowest BCUT2D eigenvalue weighted by molar-refractivity contribution is -0.129. The standard InChI is InChI=1S/C29H37N3O2S.2ClH/c1-19-7-6-12-31(16-19)13-14-32-17-21-15-30-28(29(33)34)35-27(21)26-24(18-32)22-10-5-11-23(22)25(26)20-8-3-2-4-9-20;;/h5,10-11,18-20,22H,2-4,6-9,12-17H2,1H3,(H,33,34);2*1H. The van der Waals surface area contributed by atoms with Gasteiger partial charge in [-0.25, -0.2) is 4.79 Å². The minimum atomic E-state index is -0.899. The van der Waals surface area contributed by atoms with Crippen molar-refractivity contribution < 1.29 is 9.90 Å². The van der Waals surface area contributed by atoms with Gasteiger partial charge in [0.1, 0.15) is 0 Å². The maximum absolute atomic E-state index is 11.9. The second kappa shape index (κ2) is 12.1. The van der Waals surface area contributed by atoms with E-state index in [1.54, 1.807) is 0 Å². The summed E-state index contributed by atoms with van der Waals surface area (Å²) in [5.74, 6) is 0.794. The van der Waals surface area contributed by atoms with Gasteiger partial charge in [0, 0.05) is 43.2 Å². The van der Waals surface area contributed by atoms with Gasteiger partial charge in [0.2, 0.25) is 0 Å². The number of likely N-dealkylation sites (tertiary alicyclic amines) is 1. The van der Waals surface area contributed by atoms with Crippen molar-refractivity contribution in [1.29, 1.82) is 0 Å². The van der Waals surface area contributed by atoms with Crippen molar-refractivity contribution in [2.24, 2.45) is 22.7 Å². The number of carbonyl (C=O) groups is 1. The van der Waals surface area contributed by atoms with E-state index in [0.717, 1.165) is 25.6 Å². The molecule has 3 aliphatic carbocycles. The third kappa shape index (κ3) is 5.63. The Kier molecular flexibility index (Phi) is 9.37. The molecule has 0 amide bonds. The number of aliphatic carboxylic acids is 1. The molecular weight excluding hydrogens is 525 g/mol. The summed E-state index contributed by atoms with van der Waals surface area (Å²) in [5, 5.41) is 10.0. The van der Waals surface area contributed by atoms with E-state index >= 15 is 0 Å². The predicted molar refractivity (Wildman–Crippen MR) is 158 cm³/mol. The first-order chi connectivity index (χ1) is 17.1. The topological polar surface area (TPSA) is 56.1 Å². The van der Waals surface area contributed by atoms with Crippen molar-refractivity contribution in [3.8, 4) is 0 Å². The third-order valence-electron chi connectivity index (χ3n) is 8.64. The minimum Gasteiger partial charge on any atom is -0.476 e. The SMILES string of the molecule is CC1CCCN(CCN2C=C3C(=C(C4CCCCC4)C4=CC=CC34)C3=C(CN=C(C(=O)O)S3)C2)C1.Cl.Cl. The smallest absolute Gasteiger partial charge is 0.361 e. The minimum absolute atomic E-state index is 0. The number of aliphatic imine (C=N–C) groups is 1. The van der Waals surface area contributed by atoms with Gasteiger partial charge in [-0.3, -0.25) is 4.99 Å². The summed E-state index contributed by atoms with van der Waals surface area (Å²) in [6, 6.07) is 0. The average Bonchev–Trinajstić information content (AvgIpc) is 3.40. The van der Waals surface area contributed by atoms with Gasteiger partial charge in [0.25, 0.3) is 0 Å². The summed E-state index contributed by atoms with van der Waals surface area (Å²) in [6.07, 6.45) is 18.4. The highest BCUT2D eigenvalue weighted by Crippen LogP contribution is 2.55. The Balaban J connectivity index is 0.00000160. The van der Waals surface area contributed by atoms with Crippen molar-refractivity contribution in [2.75, 3.05) is 39.3 Å². The number of fused-ring (bicyclic) bond motifs is 4. The van der Waals surface area contributed by atoms with E-state index in [4.69, 9.17) is 0 Å². The fourth-order valence-corrected chi connectivity index (χ4v) is 8.00. The van der Waals surface area contributed by atoms with E-state index in [0.29, 0.717) is 18.4 Å². The summed E-state index contributed by atoms with van der Waals surface area (Å²) in [4.78, 5) is 22.7. The molecule has 2 unspecified atom stereocenters. The molecule has 3 aliphatic heterocycles. The summed E-state index contributed by atoms with van der Waals surface area (Å²) in [7, 11) is 0. The normalized spacial score (nSPS) is 27.8. The van der Waals surface area contributed by atoms with E-state index in [9.17, 15) is 9.90 Å². The fourth-order valence-electron chi connectivity index (χ4n) is 6.98. The first kappa shape index (κ1) is 28.5. The van der Waals surface area contributed by atoms with E-state index in [1.165, 1.54) is 103 Å². The number of hydrogen-bond donors (Lipinski definition) is 1. The molecule has 6 rings (SSSR count). The predicted octanol–water partition coefficient (Wildman–Crippen LogP) is 6.25. The van der Waals surface area contributed by atoms with E-state index in [1.807, 2.05) is 0 Å². The number of nitrogens with zero attached hydrogens (tertiary/aromatic N) is 3. The molecule has 2 fully saturated rings. The van der Waals surface area contributed by atoms with Crippen LogP contribution in [0.15, 0.2) is 62.2 Å². The Bertz CT molecular complexity index is 1100. The lowest BCUT2D eigenvalue weighted by atomic mass is 9.80. The van der Waals surface area contributed by atoms with Gasteiger partial charge in [-0.1, -0.05) is 56.2 Å². The highest BCUT2D eigenvalue weighted by atomic mass is 35.5. The highest BCUT2D eigenvalue weighted by molar-refractivity contribution is 8.19. The summed E-state index contributed by atoms with van der Waals surface area (Å²) in [6.45, 7) is 8.23. The van der Waals surface area contributed by atoms with Crippen molar-refractivity contribution in [2.45, 2.75) is 51.9 Å². The van der Waals surface area contributed by atoms with Gasteiger partial charge in [0.15, 0.2) is 5.04 Å². The number of carboxylic acid groups (broad SMARTS) is 1. The number of allylic oxidation sites excluding steroid dienone is 7. The van der Waals surface area contributed by atoms with Gasteiger partial charge in [-0.05, 0) is 71.9 Å². The quantitative estimate of drug-likeness (QED) is 0.428. The molecule has 37 heavy (non-hydrogen) atoms. The third-order valence-corrected chi connectivity index (χ3v) is 9.83. The van der Waals surface area contributed by atoms with Crippen LogP contribution in [0.2, 0.25) is 0 Å². The van der Waals surface area contributed by atoms with Gasteiger partial charge in [-0.2, -0.15) is 0 Å². The number of piperidine rings is 1. The number of carboxylic acids is 1. The monoisotopic (exact) mass is 563 g/mol. The fraction of sp³-hybridized carbons (Fsp3) is 0.586. The lowest BCUT2D eigenvalue weighted by Gasteiger charge is -2.33. The lowest BCUT2D eigenvalue weighted by Crippen LogP contribution is -2.39. The maximum atomic E-state index is 11.9. The van der Waals surface area contributed by atoms with Crippen LogP contribution in [0.3, 0.4) is 0 Å². The second-order valence-corrected chi connectivity index (χ2v) is 12.2. The Morgan fingerprint density at radius 1 is 1.11 bits per heavy atom. The molecule has 2 atom stereocenters. The van der Waals surface area contributed by atoms with E-state index in [-0.39, 0.29) is 29.9 Å². The first-order valence-corrected chi connectivity index (χ1v) is 14.4. The van der Waals surface area contributed by atoms with Gasteiger partial charge >= 0.3 is 5.97 Å². The van der Waals surface area contributed by atoms with Crippen LogP contribution in [0.25, 0.3) is 0 Å². The van der Waals surface area contributed by atoms with Gasteiger partial charge in [0.05, 0.1) is 6.54 Å². The zero-order valence-corrected chi connectivity index (χ0v) is 24.1. The second-order valence-electron chi connectivity index (χ2n) is 11.2. The average molecular weight is 565 g/mol. The van der Waals surface area contributed by atoms with Gasteiger partial charge < -0.3 is 14.9 Å². The Morgan fingerprint density at radius 3 is 2.68 bits per heavy atom. The molecule has 5 nitrogen and oxygen atoms in total. The molecule has 1 N–H and O–H groups in total. The molecule has 1 saturated heterocycles. The summed E-state index contributed by atoms with van der Waals surface area (Å²) in [5.41, 5.74) is 7.04. The summed E-state index contributed by atoms with van der Waals surface area (Å²) >= 11 is 1.41. The number of hydrogen-bond acceptors (Lipinski definition) is 5. The Hall–Kier alpha value is -1.47. The van der Waals surface area contributed by atoms with Crippen LogP contribution in [0.4, 0.5) is 0 Å². The Morgan fingerprint density at radius 2 is 1.92 bits per heavy atom. The van der Waals surface area contributed by atoms with Crippen LogP contribution < -0.4 is 0 Å². The summed E-state index contributed by atoms with van der Waals surface area (Å²) < 4.78 is 0. The van der Waals surface area contributed by atoms with E-state index < -0.39 is 5.97 Å². The van der Waals surface area contributed by atoms with E-state index in [2.05, 4.69) is 46.1 Å². The molecular formula is C29H39Cl2N3O2S. The zero-order valence-electron chi connectivity index (χ0n) is 21.7. The van der Waals surface area contributed by atoms with Crippen molar-refractivity contribution in [3.05, 3.63) is 57.2 Å². The van der Waals surface area contributed by atoms with Crippen LogP contribution in [0.5, 0.6) is 0 Å². The molecule has 0 aromatic heterocycles. The molecule has 6 aliphatic rings. The van der Waals surface area contributed by atoms with Crippen molar-refractivity contribution in [3.63, 3.8) is 0 Å². The van der Waals surface area contributed by atoms with Crippen molar-refractivity contribution in [1.82, 2.24) is 9.80 Å². The molecule has 0 aromatic rings. The van der Waals surface area contributed by atoms with Crippen LogP contribution >= 0.6 is 36.6 Å². The molecule has 1 saturated carbocycles.